The van der Waals surface area contributed by atoms with Gasteiger partial charge in [-0.2, -0.15) is 0 Å². The molecule has 178 valence electrons. The fraction of sp³-hybridized carbons (Fsp3) is 0.259. The van der Waals surface area contributed by atoms with Gasteiger partial charge in [-0.05, 0) is 68.1 Å². The van der Waals surface area contributed by atoms with Crippen LogP contribution in [0.1, 0.15) is 24.8 Å². The third-order valence-electron chi connectivity index (χ3n) is 5.44. The summed E-state index contributed by atoms with van der Waals surface area (Å²) in [4.78, 5) is 25.8. The molecule has 0 aromatic heterocycles. The number of methoxy groups -OCH3 is 1. The molecule has 0 aliphatic carbocycles. The van der Waals surface area contributed by atoms with Crippen molar-refractivity contribution >= 4 is 23.3 Å². The number of nitrogens with two attached hydrogens (primary N) is 1. The van der Waals surface area contributed by atoms with Crippen LogP contribution in [0.2, 0.25) is 0 Å². The summed E-state index contributed by atoms with van der Waals surface area (Å²) >= 11 is 0. The van der Waals surface area contributed by atoms with E-state index >= 15 is 0 Å². The van der Waals surface area contributed by atoms with E-state index in [9.17, 15) is 9.59 Å². The number of anilines is 2. The second-order valence-electron chi connectivity index (χ2n) is 8.07. The van der Waals surface area contributed by atoms with Crippen molar-refractivity contribution in [3.63, 3.8) is 0 Å². The molecule has 3 rings (SSSR count). The topological polar surface area (TPSA) is 105 Å². The van der Waals surface area contributed by atoms with E-state index in [1.54, 1.807) is 13.2 Å². The molecule has 3 aromatic carbocycles. The maximum absolute atomic E-state index is 12.9. The number of ether oxygens (including phenoxy) is 1. The molecule has 0 fully saturated rings. The monoisotopic (exact) mass is 460 g/mol. The second kappa shape index (κ2) is 12.4. The van der Waals surface area contributed by atoms with E-state index in [-0.39, 0.29) is 5.91 Å². The molecule has 0 spiro atoms. The summed E-state index contributed by atoms with van der Waals surface area (Å²) in [6.45, 7) is 2.51. The molecule has 3 aromatic rings. The minimum Gasteiger partial charge on any atom is -0.495 e. The van der Waals surface area contributed by atoms with Gasteiger partial charge in [-0.25, -0.2) is 4.79 Å². The van der Waals surface area contributed by atoms with E-state index in [0.29, 0.717) is 30.1 Å². The molecule has 0 saturated heterocycles. The van der Waals surface area contributed by atoms with Gasteiger partial charge in [-0.1, -0.05) is 54.1 Å². The van der Waals surface area contributed by atoms with Crippen LogP contribution in [0.4, 0.5) is 16.2 Å². The number of carbonyl (C=O) groups is 2. The normalized spacial score (nSPS) is 11.4. The highest BCUT2D eigenvalue weighted by Gasteiger charge is 2.21. The molecule has 0 aliphatic heterocycles. The lowest BCUT2D eigenvalue weighted by molar-refractivity contribution is -0.118. The average Bonchev–Trinajstić information content (AvgIpc) is 2.85. The van der Waals surface area contributed by atoms with Crippen molar-refractivity contribution in [2.75, 3.05) is 24.3 Å². The highest BCUT2D eigenvalue weighted by Crippen LogP contribution is 2.30. The number of aryl methyl sites for hydroxylation is 1. The summed E-state index contributed by atoms with van der Waals surface area (Å²) in [6, 6.07) is 21.8. The van der Waals surface area contributed by atoms with Gasteiger partial charge in [0.15, 0.2) is 0 Å². The molecule has 7 nitrogen and oxygen atoms in total. The highest BCUT2D eigenvalue weighted by molar-refractivity contribution is 5.99. The summed E-state index contributed by atoms with van der Waals surface area (Å²) in [5.41, 5.74) is 9.86. The molecule has 0 heterocycles. The number of nitrogens with one attached hydrogen (secondary N) is 3. The first kappa shape index (κ1) is 24.8. The number of unbranched alkanes of at least 4 members (excludes halogenated alkanes) is 1. The maximum atomic E-state index is 12.9. The van der Waals surface area contributed by atoms with Crippen LogP contribution in [0.5, 0.6) is 5.75 Å². The van der Waals surface area contributed by atoms with Crippen molar-refractivity contribution in [1.82, 2.24) is 5.32 Å². The van der Waals surface area contributed by atoms with Crippen LogP contribution in [-0.4, -0.2) is 31.6 Å². The largest absolute Gasteiger partial charge is 0.495 e. The van der Waals surface area contributed by atoms with Crippen LogP contribution >= 0.6 is 0 Å². The molecule has 3 amide bonds. The Morgan fingerprint density at radius 2 is 1.65 bits per heavy atom. The summed E-state index contributed by atoms with van der Waals surface area (Å²) in [6.07, 6.45) is 1.96. The van der Waals surface area contributed by atoms with Crippen molar-refractivity contribution < 1.29 is 14.3 Å². The number of amides is 3. The lowest BCUT2D eigenvalue weighted by Gasteiger charge is -2.20. The molecular weight excluding hydrogens is 428 g/mol. The third-order valence-corrected chi connectivity index (χ3v) is 5.44. The van der Waals surface area contributed by atoms with Crippen molar-refractivity contribution in [2.45, 2.75) is 32.2 Å². The van der Waals surface area contributed by atoms with Crippen molar-refractivity contribution in [1.29, 1.82) is 0 Å². The minimum atomic E-state index is -0.712. The van der Waals surface area contributed by atoms with Gasteiger partial charge in [-0.15, -0.1) is 0 Å². The van der Waals surface area contributed by atoms with Gasteiger partial charge < -0.3 is 26.4 Å². The number of carbonyl (C=O) groups excluding carboxylic acids is 2. The Bertz CT molecular complexity index is 1080. The van der Waals surface area contributed by atoms with Crippen LogP contribution in [0.25, 0.3) is 11.1 Å². The minimum absolute atomic E-state index is 0.277. The zero-order chi connectivity index (χ0) is 24.3. The van der Waals surface area contributed by atoms with E-state index < -0.39 is 12.1 Å². The molecule has 0 radical (unpaired) electrons. The van der Waals surface area contributed by atoms with E-state index in [1.165, 1.54) is 0 Å². The maximum Gasteiger partial charge on any atom is 0.319 e. The summed E-state index contributed by atoms with van der Waals surface area (Å²) in [5.74, 6) is 0.250. The number of hydrogen-bond donors (Lipinski definition) is 4. The molecule has 0 saturated carbocycles. The predicted molar refractivity (Wildman–Crippen MR) is 137 cm³/mol. The van der Waals surface area contributed by atoms with Crippen molar-refractivity contribution in [3.8, 4) is 16.9 Å². The van der Waals surface area contributed by atoms with Crippen LogP contribution in [0.3, 0.4) is 0 Å². The Morgan fingerprint density at radius 1 is 0.912 bits per heavy atom. The SMILES string of the molecule is COc1ccc(-c2ccccc2)cc1NC(=O)N[C@@H](CCCCN)C(=O)Nc1ccc(C)cc1. The smallest absolute Gasteiger partial charge is 0.319 e. The molecule has 0 bridgehead atoms. The van der Waals surface area contributed by atoms with Gasteiger partial charge in [0.25, 0.3) is 0 Å². The number of rotatable bonds is 10. The molecule has 1 atom stereocenters. The van der Waals surface area contributed by atoms with Crippen molar-refractivity contribution in [3.05, 3.63) is 78.4 Å². The highest BCUT2D eigenvalue weighted by atomic mass is 16.5. The molecule has 0 unspecified atom stereocenters. The Kier molecular flexibility index (Phi) is 9.05. The molecule has 5 N–H and O–H groups in total. The van der Waals surface area contributed by atoms with Crippen LogP contribution in [-0.2, 0) is 4.79 Å². The fourth-order valence-electron chi connectivity index (χ4n) is 3.56. The second-order valence-corrected chi connectivity index (χ2v) is 8.07. The van der Waals surface area contributed by atoms with E-state index in [2.05, 4.69) is 16.0 Å². The standard InChI is InChI=1S/C27H32N4O3/c1-19-11-14-22(15-12-19)29-26(32)23(10-6-7-17-28)30-27(33)31-24-18-21(13-16-25(24)34-2)20-8-4-3-5-9-20/h3-5,8-9,11-16,18,23H,6-7,10,17,28H2,1-2H3,(H,29,32)(H2,30,31,33)/t23-/m0/s1. The van der Waals surface area contributed by atoms with Gasteiger partial charge in [0, 0.05) is 5.69 Å². The molecule has 34 heavy (non-hydrogen) atoms. The zero-order valence-corrected chi connectivity index (χ0v) is 19.6. The Morgan fingerprint density at radius 3 is 2.32 bits per heavy atom. The van der Waals surface area contributed by atoms with Crippen LogP contribution in [0.15, 0.2) is 72.8 Å². The predicted octanol–water partition coefficient (Wildman–Crippen LogP) is 4.93. The van der Waals surface area contributed by atoms with Gasteiger partial charge in [0.2, 0.25) is 5.91 Å². The summed E-state index contributed by atoms with van der Waals surface area (Å²) in [5, 5.41) is 8.53. The quantitative estimate of drug-likeness (QED) is 0.322. The molecular formula is C27H32N4O3. The van der Waals surface area contributed by atoms with Gasteiger partial charge in [-0.3, -0.25) is 4.79 Å². The lowest BCUT2D eigenvalue weighted by Crippen LogP contribution is -2.45. The number of hydrogen-bond acceptors (Lipinski definition) is 4. The summed E-state index contributed by atoms with van der Waals surface area (Å²) in [7, 11) is 1.55. The number of benzene rings is 3. The first-order valence-corrected chi connectivity index (χ1v) is 11.4. The Labute approximate surface area is 200 Å². The van der Waals surface area contributed by atoms with Gasteiger partial charge >= 0.3 is 6.03 Å². The lowest BCUT2D eigenvalue weighted by atomic mass is 10.0. The summed E-state index contributed by atoms with van der Waals surface area (Å²) < 4.78 is 5.42. The van der Waals surface area contributed by atoms with E-state index in [4.69, 9.17) is 10.5 Å². The fourth-order valence-corrected chi connectivity index (χ4v) is 3.56. The Balaban J connectivity index is 1.73. The van der Waals surface area contributed by atoms with Gasteiger partial charge in [0.1, 0.15) is 11.8 Å². The van der Waals surface area contributed by atoms with E-state index in [0.717, 1.165) is 29.5 Å². The van der Waals surface area contributed by atoms with Gasteiger partial charge in [0.05, 0.1) is 12.8 Å². The first-order valence-electron chi connectivity index (χ1n) is 11.4. The first-order chi connectivity index (χ1) is 16.5. The zero-order valence-electron chi connectivity index (χ0n) is 19.6. The van der Waals surface area contributed by atoms with Crippen LogP contribution < -0.4 is 26.4 Å². The average molecular weight is 461 g/mol. The van der Waals surface area contributed by atoms with Crippen molar-refractivity contribution in [2.24, 2.45) is 5.73 Å². The Hall–Kier alpha value is -3.84. The van der Waals surface area contributed by atoms with E-state index in [1.807, 2.05) is 73.7 Å². The molecule has 0 aliphatic rings. The third kappa shape index (κ3) is 7.08. The molecule has 7 heteroatoms. The van der Waals surface area contributed by atoms with Crippen LogP contribution in [0, 0.1) is 6.92 Å². The number of urea groups is 1.